The number of methoxy groups -OCH3 is 1. The summed E-state index contributed by atoms with van der Waals surface area (Å²) in [5.41, 5.74) is 1.19. The van der Waals surface area contributed by atoms with Crippen LogP contribution in [-0.4, -0.2) is 37.1 Å². The lowest BCUT2D eigenvalue weighted by atomic mass is 10.2. The standard InChI is InChI=1S/C22H21N3O4/c1-28-18-7-9-19(10-8-18)29-14-13-24-22(27)20-15-16(11-12-23-20)21(26)25-17-5-3-2-4-6-17/h2-12,15H,13-14H2,1H3,(H,24,27)(H,25,26). The van der Waals surface area contributed by atoms with Crippen molar-refractivity contribution in [2.75, 3.05) is 25.6 Å². The Morgan fingerprint density at radius 2 is 1.66 bits per heavy atom. The Bertz CT molecular complexity index is 959. The number of hydrogen-bond donors (Lipinski definition) is 2. The third-order valence-corrected chi connectivity index (χ3v) is 4.00. The number of benzene rings is 2. The fraction of sp³-hybridized carbons (Fsp3) is 0.136. The van der Waals surface area contributed by atoms with Crippen LogP contribution in [0.1, 0.15) is 20.8 Å². The van der Waals surface area contributed by atoms with E-state index in [1.807, 2.05) is 18.2 Å². The van der Waals surface area contributed by atoms with E-state index in [0.717, 1.165) is 5.75 Å². The predicted octanol–water partition coefficient (Wildman–Crippen LogP) is 3.15. The largest absolute Gasteiger partial charge is 0.497 e. The number of amides is 2. The molecule has 0 bridgehead atoms. The normalized spacial score (nSPS) is 10.1. The van der Waals surface area contributed by atoms with Crippen LogP contribution in [-0.2, 0) is 0 Å². The molecule has 0 aliphatic heterocycles. The van der Waals surface area contributed by atoms with Gasteiger partial charge in [0, 0.05) is 17.4 Å². The van der Waals surface area contributed by atoms with Gasteiger partial charge in [-0.2, -0.15) is 0 Å². The molecule has 148 valence electrons. The fourth-order valence-corrected chi connectivity index (χ4v) is 2.52. The maximum absolute atomic E-state index is 12.4. The smallest absolute Gasteiger partial charge is 0.270 e. The number of para-hydroxylation sites is 1. The van der Waals surface area contributed by atoms with E-state index in [-0.39, 0.29) is 17.5 Å². The van der Waals surface area contributed by atoms with E-state index >= 15 is 0 Å². The van der Waals surface area contributed by atoms with E-state index in [1.165, 1.54) is 12.3 Å². The first-order chi connectivity index (χ1) is 14.2. The number of aromatic nitrogens is 1. The second-order valence-corrected chi connectivity index (χ2v) is 6.03. The molecule has 0 atom stereocenters. The van der Waals surface area contributed by atoms with Crippen LogP contribution in [0.2, 0.25) is 0 Å². The number of nitrogens with one attached hydrogen (secondary N) is 2. The topological polar surface area (TPSA) is 89.5 Å². The van der Waals surface area contributed by atoms with Crippen LogP contribution >= 0.6 is 0 Å². The third kappa shape index (κ3) is 5.80. The Morgan fingerprint density at radius 3 is 2.38 bits per heavy atom. The molecule has 1 heterocycles. The van der Waals surface area contributed by atoms with E-state index < -0.39 is 0 Å². The van der Waals surface area contributed by atoms with E-state index in [9.17, 15) is 9.59 Å². The van der Waals surface area contributed by atoms with Gasteiger partial charge < -0.3 is 20.1 Å². The highest BCUT2D eigenvalue weighted by Crippen LogP contribution is 2.16. The van der Waals surface area contributed by atoms with Crippen molar-refractivity contribution >= 4 is 17.5 Å². The van der Waals surface area contributed by atoms with Crippen molar-refractivity contribution in [2.24, 2.45) is 0 Å². The van der Waals surface area contributed by atoms with Gasteiger partial charge in [0.05, 0.1) is 13.7 Å². The molecule has 0 saturated heterocycles. The average Bonchev–Trinajstić information content (AvgIpc) is 2.77. The quantitative estimate of drug-likeness (QED) is 0.576. The molecule has 3 aromatic rings. The van der Waals surface area contributed by atoms with Crippen molar-refractivity contribution in [1.29, 1.82) is 0 Å². The molecule has 0 saturated carbocycles. The van der Waals surface area contributed by atoms with Gasteiger partial charge in [-0.3, -0.25) is 14.6 Å². The lowest BCUT2D eigenvalue weighted by Crippen LogP contribution is -2.29. The molecule has 7 heteroatoms. The molecular formula is C22H21N3O4. The van der Waals surface area contributed by atoms with Crippen molar-refractivity contribution in [2.45, 2.75) is 0 Å². The zero-order chi connectivity index (χ0) is 20.5. The molecule has 0 spiro atoms. The second-order valence-electron chi connectivity index (χ2n) is 6.03. The number of ether oxygens (including phenoxy) is 2. The number of carbonyl (C=O) groups excluding carboxylic acids is 2. The fourth-order valence-electron chi connectivity index (χ4n) is 2.52. The minimum atomic E-state index is -0.377. The summed E-state index contributed by atoms with van der Waals surface area (Å²) >= 11 is 0. The van der Waals surface area contributed by atoms with Crippen molar-refractivity contribution < 1.29 is 19.1 Å². The summed E-state index contributed by atoms with van der Waals surface area (Å²) in [7, 11) is 1.60. The van der Waals surface area contributed by atoms with E-state index in [2.05, 4.69) is 15.6 Å². The Hall–Kier alpha value is -3.87. The van der Waals surface area contributed by atoms with Gasteiger partial charge >= 0.3 is 0 Å². The number of nitrogens with zero attached hydrogens (tertiary/aromatic N) is 1. The zero-order valence-electron chi connectivity index (χ0n) is 15.9. The van der Waals surface area contributed by atoms with Gasteiger partial charge in [0.15, 0.2) is 0 Å². The second kappa shape index (κ2) is 9.89. The molecular weight excluding hydrogens is 370 g/mol. The maximum atomic E-state index is 12.4. The molecule has 0 aliphatic rings. The predicted molar refractivity (Wildman–Crippen MR) is 109 cm³/mol. The van der Waals surface area contributed by atoms with E-state index in [4.69, 9.17) is 9.47 Å². The van der Waals surface area contributed by atoms with Gasteiger partial charge in [-0.15, -0.1) is 0 Å². The summed E-state index contributed by atoms with van der Waals surface area (Å²) in [5, 5.41) is 5.50. The minimum Gasteiger partial charge on any atom is -0.497 e. The Kier molecular flexibility index (Phi) is 6.78. The van der Waals surface area contributed by atoms with E-state index in [0.29, 0.717) is 30.2 Å². The lowest BCUT2D eigenvalue weighted by molar-refractivity contribution is 0.0942. The van der Waals surface area contributed by atoms with Crippen LogP contribution in [0.3, 0.4) is 0 Å². The van der Waals surface area contributed by atoms with Crippen LogP contribution in [0, 0.1) is 0 Å². The number of pyridine rings is 1. The Labute approximate surface area is 168 Å². The molecule has 7 nitrogen and oxygen atoms in total. The highest BCUT2D eigenvalue weighted by molar-refractivity contribution is 6.05. The van der Waals surface area contributed by atoms with Crippen molar-refractivity contribution in [1.82, 2.24) is 10.3 Å². The summed E-state index contributed by atoms with van der Waals surface area (Å²) in [6, 6.07) is 19.3. The molecule has 0 aliphatic carbocycles. The minimum absolute atomic E-state index is 0.162. The summed E-state index contributed by atoms with van der Waals surface area (Å²) in [6.07, 6.45) is 1.43. The number of carbonyl (C=O) groups is 2. The lowest BCUT2D eigenvalue weighted by Gasteiger charge is -2.09. The molecule has 0 fully saturated rings. The molecule has 2 N–H and O–H groups in total. The van der Waals surface area contributed by atoms with Crippen LogP contribution in [0.15, 0.2) is 72.9 Å². The van der Waals surface area contributed by atoms with Gasteiger partial charge in [-0.25, -0.2) is 0 Å². The Balaban J connectivity index is 1.50. The summed E-state index contributed by atoms with van der Waals surface area (Å²) in [5.74, 6) is 0.735. The van der Waals surface area contributed by atoms with Crippen LogP contribution in [0.5, 0.6) is 11.5 Å². The van der Waals surface area contributed by atoms with E-state index in [1.54, 1.807) is 49.6 Å². The summed E-state index contributed by atoms with van der Waals surface area (Å²) in [6.45, 7) is 0.596. The first-order valence-electron chi connectivity index (χ1n) is 9.03. The van der Waals surface area contributed by atoms with Crippen LogP contribution in [0.25, 0.3) is 0 Å². The van der Waals surface area contributed by atoms with Gasteiger partial charge in [-0.1, -0.05) is 18.2 Å². The molecule has 29 heavy (non-hydrogen) atoms. The van der Waals surface area contributed by atoms with Crippen LogP contribution < -0.4 is 20.1 Å². The molecule has 2 amide bonds. The SMILES string of the molecule is COc1ccc(OCCNC(=O)c2cc(C(=O)Nc3ccccc3)ccn2)cc1. The van der Waals surface area contributed by atoms with Crippen molar-refractivity contribution in [3.63, 3.8) is 0 Å². The third-order valence-electron chi connectivity index (χ3n) is 4.00. The highest BCUT2D eigenvalue weighted by atomic mass is 16.5. The average molecular weight is 391 g/mol. The number of anilines is 1. The number of hydrogen-bond acceptors (Lipinski definition) is 5. The number of rotatable bonds is 8. The summed E-state index contributed by atoms with van der Waals surface area (Å²) in [4.78, 5) is 28.7. The van der Waals surface area contributed by atoms with Crippen molar-refractivity contribution in [3.05, 3.63) is 84.2 Å². The zero-order valence-corrected chi connectivity index (χ0v) is 15.9. The molecule has 0 radical (unpaired) electrons. The molecule has 0 unspecified atom stereocenters. The monoisotopic (exact) mass is 391 g/mol. The van der Waals surface area contributed by atoms with Crippen LogP contribution in [0.4, 0.5) is 5.69 Å². The molecule has 3 rings (SSSR count). The first kappa shape index (κ1) is 19.9. The van der Waals surface area contributed by atoms with Gasteiger partial charge in [-0.05, 0) is 48.5 Å². The highest BCUT2D eigenvalue weighted by Gasteiger charge is 2.12. The van der Waals surface area contributed by atoms with Crippen molar-refractivity contribution in [3.8, 4) is 11.5 Å². The van der Waals surface area contributed by atoms with Gasteiger partial charge in [0.25, 0.3) is 11.8 Å². The Morgan fingerprint density at radius 1 is 0.931 bits per heavy atom. The maximum Gasteiger partial charge on any atom is 0.270 e. The summed E-state index contributed by atoms with van der Waals surface area (Å²) < 4.78 is 10.7. The van der Waals surface area contributed by atoms with Gasteiger partial charge in [0.2, 0.25) is 0 Å². The molecule has 2 aromatic carbocycles. The molecule has 1 aromatic heterocycles. The first-order valence-corrected chi connectivity index (χ1v) is 9.03. The van der Waals surface area contributed by atoms with Gasteiger partial charge in [0.1, 0.15) is 23.8 Å².